The molecule has 38 heavy (non-hydrogen) atoms. The van der Waals surface area contributed by atoms with Crippen LogP contribution in [0.2, 0.25) is 5.02 Å². The number of β-lactam (4-membered cyclic amide) rings is 1. The molecule has 9 nitrogen and oxygen atoms in total. The molecule has 208 valence electrons. The molecule has 1 aromatic carbocycles. The summed E-state index contributed by atoms with van der Waals surface area (Å²) in [6.07, 6.45) is -0.0902. The molecule has 0 N–H and O–H groups in total. The van der Waals surface area contributed by atoms with Crippen LogP contribution in [0, 0.1) is 18.3 Å². The third-order valence-electron chi connectivity index (χ3n) is 5.34. The van der Waals surface area contributed by atoms with Crippen LogP contribution in [0.4, 0.5) is 0 Å². The van der Waals surface area contributed by atoms with Crippen LogP contribution < -0.4 is 4.74 Å². The Morgan fingerprint density at radius 2 is 1.74 bits per heavy atom. The average molecular weight is 633 g/mol. The molecular formula is C26H31BrClNO8S. The molecule has 1 heterocycles. The number of aryl methyl sites for hydroxylation is 1. The maximum Gasteiger partial charge on any atom is 0.357 e. The van der Waals surface area contributed by atoms with Gasteiger partial charge in [0.2, 0.25) is 17.8 Å². The van der Waals surface area contributed by atoms with Crippen molar-refractivity contribution in [3.63, 3.8) is 0 Å². The summed E-state index contributed by atoms with van der Waals surface area (Å²) in [7, 11) is 0. The SMILES string of the molecule is CC(=O)C[C@@H]1C(=O)N(C(C(=O)OCOC(=O)C(C)(C)C)=C(C)C)[C@@H]1SC(=O)COc1c(C)cc(Br)cc1Cl. The number of esters is 2. The molecule has 1 fully saturated rings. The van der Waals surface area contributed by atoms with Gasteiger partial charge >= 0.3 is 11.9 Å². The zero-order valence-electron chi connectivity index (χ0n) is 22.3. The molecule has 1 aromatic rings. The van der Waals surface area contributed by atoms with E-state index in [-0.39, 0.29) is 24.5 Å². The van der Waals surface area contributed by atoms with Crippen molar-refractivity contribution in [1.82, 2.24) is 4.90 Å². The number of rotatable bonds is 10. The van der Waals surface area contributed by atoms with Crippen molar-refractivity contribution in [3.05, 3.63) is 38.5 Å². The lowest BCUT2D eigenvalue weighted by atomic mass is 9.91. The number of hydrogen-bond donors (Lipinski definition) is 0. The van der Waals surface area contributed by atoms with Crippen molar-refractivity contribution in [2.75, 3.05) is 13.4 Å². The summed E-state index contributed by atoms with van der Waals surface area (Å²) in [5.41, 5.74) is 0.291. The van der Waals surface area contributed by atoms with Crippen LogP contribution in [0.25, 0.3) is 0 Å². The first kappa shape index (κ1) is 31.8. The molecule has 1 aliphatic heterocycles. The number of likely N-dealkylation sites (tertiary alicyclic amines) is 1. The van der Waals surface area contributed by atoms with Crippen LogP contribution in [-0.2, 0) is 33.4 Å². The Hall–Kier alpha value is -2.37. The molecule has 2 rings (SSSR count). The highest BCUT2D eigenvalue weighted by atomic mass is 79.9. The van der Waals surface area contributed by atoms with Crippen molar-refractivity contribution < 1.29 is 38.2 Å². The number of amides is 1. The molecule has 0 spiro atoms. The maximum absolute atomic E-state index is 13.0. The van der Waals surface area contributed by atoms with Crippen LogP contribution in [0.3, 0.4) is 0 Å². The molecule has 2 atom stereocenters. The van der Waals surface area contributed by atoms with E-state index in [1.807, 2.05) is 0 Å². The van der Waals surface area contributed by atoms with Gasteiger partial charge in [-0.15, -0.1) is 0 Å². The van der Waals surface area contributed by atoms with Crippen LogP contribution in [0.5, 0.6) is 5.75 Å². The first-order chi connectivity index (χ1) is 17.5. The lowest BCUT2D eigenvalue weighted by Gasteiger charge is -2.46. The van der Waals surface area contributed by atoms with E-state index in [0.717, 1.165) is 26.7 Å². The molecule has 0 aliphatic carbocycles. The van der Waals surface area contributed by atoms with Crippen LogP contribution in [0.15, 0.2) is 27.9 Å². The minimum absolute atomic E-state index is 0.0837. The summed E-state index contributed by atoms with van der Waals surface area (Å²) in [4.78, 5) is 63.7. The molecule has 0 radical (unpaired) electrons. The molecule has 1 saturated heterocycles. The molecule has 1 amide bonds. The van der Waals surface area contributed by atoms with E-state index in [0.29, 0.717) is 16.3 Å². The van der Waals surface area contributed by atoms with Crippen molar-refractivity contribution in [3.8, 4) is 5.75 Å². The predicted molar refractivity (Wildman–Crippen MR) is 146 cm³/mol. The van der Waals surface area contributed by atoms with E-state index in [9.17, 15) is 24.0 Å². The second-order valence-corrected chi connectivity index (χ2v) is 12.5. The number of carbonyl (C=O) groups excluding carboxylic acids is 5. The van der Waals surface area contributed by atoms with E-state index in [1.165, 1.54) is 6.92 Å². The first-order valence-corrected chi connectivity index (χ1v) is 13.7. The number of hydrogen-bond acceptors (Lipinski definition) is 9. The lowest BCUT2D eigenvalue weighted by Crippen LogP contribution is -2.60. The van der Waals surface area contributed by atoms with Gasteiger partial charge in [-0.1, -0.05) is 39.3 Å². The van der Waals surface area contributed by atoms with Gasteiger partial charge < -0.3 is 19.0 Å². The highest BCUT2D eigenvalue weighted by molar-refractivity contribution is 9.10. The zero-order chi connectivity index (χ0) is 28.9. The molecule has 0 aromatic heterocycles. The minimum atomic E-state index is -0.895. The van der Waals surface area contributed by atoms with E-state index >= 15 is 0 Å². The fraction of sp³-hybridized carbons (Fsp3) is 0.500. The second-order valence-electron chi connectivity index (χ2n) is 10.0. The topological polar surface area (TPSA) is 116 Å². The number of ketones is 1. The lowest BCUT2D eigenvalue weighted by molar-refractivity contribution is -0.173. The van der Waals surface area contributed by atoms with E-state index in [4.69, 9.17) is 25.8 Å². The molecule has 0 bridgehead atoms. The van der Waals surface area contributed by atoms with E-state index in [1.54, 1.807) is 53.7 Å². The third-order valence-corrected chi connectivity index (χ3v) is 7.24. The van der Waals surface area contributed by atoms with Crippen molar-refractivity contribution in [2.45, 2.75) is 60.3 Å². The Kier molecular flexibility index (Phi) is 11.0. The Morgan fingerprint density at radius 1 is 1.11 bits per heavy atom. The highest BCUT2D eigenvalue weighted by Crippen LogP contribution is 2.42. The van der Waals surface area contributed by atoms with Gasteiger partial charge in [-0.05, 0) is 71.7 Å². The molecular weight excluding hydrogens is 602 g/mol. The van der Waals surface area contributed by atoms with Crippen LogP contribution >= 0.6 is 39.3 Å². The normalized spacial score (nSPS) is 16.9. The van der Waals surface area contributed by atoms with E-state index < -0.39 is 46.5 Å². The number of carbonyl (C=O) groups is 5. The number of benzene rings is 1. The van der Waals surface area contributed by atoms with Crippen molar-refractivity contribution >= 4 is 68.0 Å². The fourth-order valence-corrected chi connectivity index (χ4v) is 5.64. The summed E-state index contributed by atoms with van der Waals surface area (Å²) in [5.74, 6) is -2.63. The van der Waals surface area contributed by atoms with Crippen molar-refractivity contribution in [2.24, 2.45) is 11.3 Å². The number of halogens is 2. The fourth-order valence-electron chi connectivity index (χ4n) is 3.53. The predicted octanol–water partition coefficient (Wildman–Crippen LogP) is 5.20. The van der Waals surface area contributed by atoms with Gasteiger partial charge in [0.25, 0.3) is 0 Å². The quantitative estimate of drug-likeness (QED) is 0.149. The molecule has 0 unspecified atom stereocenters. The molecule has 1 aliphatic rings. The number of allylic oxidation sites excluding steroid dienone is 1. The molecule has 12 heteroatoms. The number of nitrogens with zero attached hydrogens (tertiary/aromatic N) is 1. The Labute approximate surface area is 239 Å². The van der Waals surface area contributed by atoms with Gasteiger partial charge in [0.15, 0.2) is 6.61 Å². The summed E-state index contributed by atoms with van der Waals surface area (Å²) in [6, 6.07) is 3.43. The monoisotopic (exact) mass is 631 g/mol. The van der Waals surface area contributed by atoms with E-state index in [2.05, 4.69) is 15.9 Å². The summed E-state index contributed by atoms with van der Waals surface area (Å²) < 4.78 is 16.5. The summed E-state index contributed by atoms with van der Waals surface area (Å²) in [5, 5.41) is -0.940. The number of Topliss-reactive ketones (excluding diaryl/α,β-unsaturated/α-hetero) is 1. The summed E-state index contributed by atoms with van der Waals surface area (Å²) >= 11 is 10.4. The smallest absolute Gasteiger partial charge is 0.357 e. The Bertz CT molecular complexity index is 1150. The number of ether oxygens (including phenoxy) is 3. The maximum atomic E-state index is 13.0. The highest BCUT2D eigenvalue weighted by Gasteiger charge is 2.52. The second kappa shape index (κ2) is 13.1. The largest absolute Gasteiger partial charge is 0.483 e. The Morgan fingerprint density at radius 3 is 2.26 bits per heavy atom. The standard InChI is InChI=1S/C26H31BrClNO8S/c1-13(2)20(24(33)36-12-37-25(34)26(5,6)7)29-22(32)17(9-15(4)30)23(29)38-19(31)11-35-21-14(3)8-16(27)10-18(21)28/h8,10,17,23H,9,11-12H2,1-7H3/t17-,23-/m1/s1. The van der Waals surface area contributed by atoms with Gasteiger partial charge in [-0.25, -0.2) is 4.79 Å². The van der Waals surface area contributed by atoms with Gasteiger partial charge in [0.1, 0.15) is 22.6 Å². The van der Waals surface area contributed by atoms with Crippen molar-refractivity contribution in [1.29, 1.82) is 0 Å². The zero-order valence-corrected chi connectivity index (χ0v) is 25.5. The van der Waals surface area contributed by atoms with Gasteiger partial charge in [0.05, 0.1) is 16.4 Å². The first-order valence-electron chi connectivity index (χ1n) is 11.7. The minimum Gasteiger partial charge on any atom is -0.483 e. The third kappa shape index (κ3) is 8.07. The van der Waals surface area contributed by atoms with Crippen LogP contribution in [0.1, 0.15) is 53.5 Å². The van der Waals surface area contributed by atoms with Gasteiger partial charge in [-0.2, -0.15) is 0 Å². The van der Waals surface area contributed by atoms with Gasteiger partial charge in [0, 0.05) is 10.9 Å². The Balaban J connectivity index is 2.18. The molecule has 0 saturated carbocycles. The van der Waals surface area contributed by atoms with Crippen LogP contribution in [-0.4, -0.2) is 52.4 Å². The van der Waals surface area contributed by atoms with Gasteiger partial charge in [-0.3, -0.25) is 19.3 Å². The number of thioether (sulfide) groups is 1. The average Bonchev–Trinajstić information content (AvgIpc) is 2.78. The summed E-state index contributed by atoms with van der Waals surface area (Å²) in [6.45, 7) is 10.3.